The van der Waals surface area contributed by atoms with Gasteiger partial charge in [0, 0.05) is 0 Å². The van der Waals surface area contributed by atoms with Crippen LogP contribution >= 0.6 is 0 Å². The molecule has 0 fully saturated rings. The van der Waals surface area contributed by atoms with Gasteiger partial charge in [-0.05, 0) is 29.8 Å². The number of rotatable bonds is 0. The van der Waals surface area contributed by atoms with Crippen molar-refractivity contribution in [3.63, 3.8) is 0 Å². The van der Waals surface area contributed by atoms with E-state index in [9.17, 15) is 13.2 Å². The van der Waals surface area contributed by atoms with Crippen LogP contribution in [0, 0.1) is 6.92 Å². The SMILES string of the molecule is Cc1ccc2ccc(C(F)(F)F)cc2c1. The van der Waals surface area contributed by atoms with Gasteiger partial charge in [-0.15, -0.1) is 0 Å². The molecule has 0 aliphatic heterocycles. The van der Waals surface area contributed by atoms with Gasteiger partial charge in [-0.2, -0.15) is 13.2 Å². The van der Waals surface area contributed by atoms with Gasteiger partial charge in [0.25, 0.3) is 0 Å². The lowest BCUT2D eigenvalue weighted by Gasteiger charge is -2.07. The van der Waals surface area contributed by atoms with E-state index in [-0.39, 0.29) is 0 Å². The van der Waals surface area contributed by atoms with Crippen LogP contribution in [0.25, 0.3) is 10.8 Å². The van der Waals surface area contributed by atoms with Gasteiger partial charge in [-0.25, -0.2) is 0 Å². The fourth-order valence-corrected chi connectivity index (χ4v) is 1.54. The molecule has 0 atom stereocenters. The van der Waals surface area contributed by atoms with Crippen molar-refractivity contribution in [2.45, 2.75) is 13.1 Å². The van der Waals surface area contributed by atoms with Crippen molar-refractivity contribution in [1.82, 2.24) is 0 Å². The number of hydrogen-bond donors (Lipinski definition) is 0. The quantitative estimate of drug-likeness (QED) is 0.612. The third-order valence-electron chi connectivity index (χ3n) is 2.32. The second-order valence-electron chi connectivity index (χ2n) is 3.56. The number of benzene rings is 2. The van der Waals surface area contributed by atoms with Gasteiger partial charge in [0.05, 0.1) is 5.56 Å². The topological polar surface area (TPSA) is 0 Å². The summed E-state index contributed by atoms with van der Waals surface area (Å²) in [6, 6.07) is 9.25. The van der Waals surface area contributed by atoms with Crippen LogP contribution in [0.1, 0.15) is 11.1 Å². The minimum absolute atomic E-state index is 0.597. The second kappa shape index (κ2) is 3.26. The normalized spacial score (nSPS) is 12.0. The van der Waals surface area contributed by atoms with Crippen molar-refractivity contribution in [3.05, 3.63) is 47.5 Å². The van der Waals surface area contributed by atoms with Gasteiger partial charge >= 0.3 is 6.18 Å². The Labute approximate surface area is 85.3 Å². The summed E-state index contributed by atoms with van der Waals surface area (Å²) in [7, 11) is 0. The Bertz CT molecular complexity index is 498. The summed E-state index contributed by atoms with van der Waals surface area (Å²) in [5, 5.41) is 1.46. The summed E-state index contributed by atoms with van der Waals surface area (Å²) in [6.07, 6.45) is -4.27. The van der Waals surface area contributed by atoms with E-state index < -0.39 is 11.7 Å². The first kappa shape index (κ1) is 10.0. The molecular weight excluding hydrogens is 201 g/mol. The molecule has 2 aromatic rings. The predicted molar refractivity (Wildman–Crippen MR) is 53.7 cm³/mol. The Morgan fingerprint density at radius 1 is 0.867 bits per heavy atom. The molecule has 0 nitrogen and oxygen atoms in total. The molecule has 0 N–H and O–H groups in total. The Morgan fingerprint density at radius 3 is 2.20 bits per heavy atom. The van der Waals surface area contributed by atoms with Crippen molar-refractivity contribution in [2.24, 2.45) is 0 Å². The number of aryl methyl sites for hydroxylation is 1. The fourth-order valence-electron chi connectivity index (χ4n) is 1.54. The molecule has 0 radical (unpaired) electrons. The Kier molecular flexibility index (Phi) is 2.18. The number of halogens is 3. The van der Waals surface area contributed by atoms with Gasteiger partial charge in [-0.1, -0.05) is 29.8 Å². The molecule has 0 bridgehead atoms. The van der Waals surface area contributed by atoms with Gasteiger partial charge in [0.1, 0.15) is 0 Å². The first-order valence-electron chi connectivity index (χ1n) is 4.54. The molecule has 0 aliphatic carbocycles. The third-order valence-corrected chi connectivity index (χ3v) is 2.32. The smallest absolute Gasteiger partial charge is 0.166 e. The van der Waals surface area contributed by atoms with E-state index in [4.69, 9.17) is 0 Å². The minimum Gasteiger partial charge on any atom is -0.166 e. The zero-order valence-electron chi connectivity index (χ0n) is 8.10. The molecular formula is C12H9F3. The highest BCUT2D eigenvalue weighted by Crippen LogP contribution is 2.31. The summed E-state index contributed by atoms with van der Waals surface area (Å²) in [4.78, 5) is 0. The maximum Gasteiger partial charge on any atom is 0.416 e. The Hall–Kier alpha value is -1.51. The van der Waals surface area contributed by atoms with Crippen LogP contribution in [0.15, 0.2) is 36.4 Å². The van der Waals surface area contributed by atoms with Gasteiger partial charge in [0.2, 0.25) is 0 Å². The second-order valence-corrected chi connectivity index (χ2v) is 3.56. The molecule has 78 valence electrons. The van der Waals surface area contributed by atoms with Gasteiger partial charge < -0.3 is 0 Å². The van der Waals surface area contributed by atoms with E-state index in [0.717, 1.165) is 17.0 Å². The molecule has 3 heteroatoms. The lowest BCUT2D eigenvalue weighted by atomic mass is 10.0. The van der Waals surface area contributed by atoms with Crippen molar-refractivity contribution in [2.75, 3.05) is 0 Å². The van der Waals surface area contributed by atoms with E-state index in [2.05, 4.69) is 0 Å². The molecule has 0 aliphatic rings. The number of alkyl halides is 3. The van der Waals surface area contributed by atoms with Crippen molar-refractivity contribution in [1.29, 1.82) is 0 Å². The monoisotopic (exact) mass is 210 g/mol. The average molecular weight is 210 g/mol. The van der Waals surface area contributed by atoms with Crippen LogP contribution in [0.3, 0.4) is 0 Å². The van der Waals surface area contributed by atoms with E-state index in [1.54, 1.807) is 6.07 Å². The predicted octanol–water partition coefficient (Wildman–Crippen LogP) is 4.17. The molecule has 0 aromatic heterocycles. The van der Waals surface area contributed by atoms with E-state index >= 15 is 0 Å². The highest BCUT2D eigenvalue weighted by Gasteiger charge is 2.30. The van der Waals surface area contributed by atoms with E-state index in [0.29, 0.717) is 5.39 Å². The van der Waals surface area contributed by atoms with E-state index in [1.807, 2.05) is 19.1 Å². The summed E-state index contributed by atoms with van der Waals surface area (Å²) >= 11 is 0. The molecule has 0 spiro atoms. The maximum atomic E-state index is 12.4. The first-order chi connectivity index (χ1) is 6.97. The Morgan fingerprint density at radius 2 is 1.53 bits per heavy atom. The van der Waals surface area contributed by atoms with Gasteiger partial charge in [0.15, 0.2) is 0 Å². The lowest BCUT2D eigenvalue weighted by Crippen LogP contribution is -2.04. The molecule has 2 aromatic carbocycles. The fraction of sp³-hybridized carbons (Fsp3) is 0.167. The molecule has 0 saturated carbocycles. The van der Waals surface area contributed by atoms with Crippen LogP contribution in [0.2, 0.25) is 0 Å². The minimum atomic E-state index is -4.27. The van der Waals surface area contributed by atoms with Crippen LogP contribution in [-0.4, -0.2) is 0 Å². The lowest BCUT2D eigenvalue weighted by molar-refractivity contribution is -0.137. The average Bonchev–Trinajstić information content (AvgIpc) is 2.15. The molecule has 15 heavy (non-hydrogen) atoms. The summed E-state index contributed by atoms with van der Waals surface area (Å²) < 4.78 is 37.2. The van der Waals surface area contributed by atoms with Crippen LogP contribution in [0.5, 0.6) is 0 Å². The largest absolute Gasteiger partial charge is 0.416 e. The molecule has 0 amide bonds. The van der Waals surface area contributed by atoms with Crippen LogP contribution < -0.4 is 0 Å². The van der Waals surface area contributed by atoms with Crippen LogP contribution in [-0.2, 0) is 6.18 Å². The molecule has 0 saturated heterocycles. The highest BCUT2D eigenvalue weighted by atomic mass is 19.4. The zero-order chi connectivity index (χ0) is 11.1. The first-order valence-corrected chi connectivity index (χ1v) is 4.54. The summed E-state index contributed by atoms with van der Waals surface area (Å²) in [5.74, 6) is 0. The van der Waals surface area contributed by atoms with Crippen molar-refractivity contribution in [3.8, 4) is 0 Å². The van der Waals surface area contributed by atoms with Crippen molar-refractivity contribution < 1.29 is 13.2 Å². The van der Waals surface area contributed by atoms with Crippen LogP contribution in [0.4, 0.5) is 13.2 Å². The summed E-state index contributed by atoms with van der Waals surface area (Å²) in [5.41, 5.74) is 0.363. The summed E-state index contributed by atoms with van der Waals surface area (Å²) in [6.45, 7) is 1.86. The van der Waals surface area contributed by atoms with E-state index in [1.165, 1.54) is 12.1 Å². The standard InChI is InChI=1S/C12H9F3/c1-8-2-3-9-4-5-11(12(13,14)15)7-10(9)6-8/h2-7H,1H3. The number of fused-ring (bicyclic) bond motifs is 1. The highest BCUT2D eigenvalue weighted by molar-refractivity contribution is 5.83. The Balaban J connectivity index is 2.64. The van der Waals surface area contributed by atoms with Crippen molar-refractivity contribution >= 4 is 10.8 Å². The molecule has 0 unspecified atom stereocenters. The van der Waals surface area contributed by atoms with Gasteiger partial charge in [-0.3, -0.25) is 0 Å². The molecule has 0 heterocycles. The third kappa shape index (κ3) is 1.96. The number of hydrogen-bond acceptors (Lipinski definition) is 0. The maximum absolute atomic E-state index is 12.4. The zero-order valence-corrected chi connectivity index (χ0v) is 8.10. The molecule has 2 rings (SSSR count).